The van der Waals surface area contributed by atoms with E-state index in [-0.39, 0.29) is 37.4 Å². The van der Waals surface area contributed by atoms with Crippen molar-refractivity contribution in [1.29, 1.82) is 0 Å². The normalized spacial score (nSPS) is 18.7. The first kappa shape index (κ1) is 20.9. The molecule has 2 atom stereocenters. The second-order valence-corrected chi connectivity index (χ2v) is 7.83. The molecule has 0 spiro atoms. The molecule has 0 radical (unpaired) electrons. The first-order chi connectivity index (χ1) is 15.0. The SMILES string of the molecule is C[C@@H](OC(=O)CN1C(=O)CCOc2ccccc21)C(=O)N[C@@H]1CCCc2ccccc21. The number of nitrogens with one attached hydrogen (secondary N) is 1. The first-order valence-electron chi connectivity index (χ1n) is 10.6. The average Bonchev–Trinajstić information content (AvgIpc) is 2.93. The molecule has 2 amide bonds. The fourth-order valence-electron chi connectivity index (χ4n) is 4.10. The van der Waals surface area contributed by atoms with Crippen molar-refractivity contribution in [3.8, 4) is 5.75 Å². The molecular weight excluding hydrogens is 396 g/mol. The minimum atomic E-state index is -0.963. The number of aryl methyl sites for hydroxylation is 1. The molecule has 0 unspecified atom stereocenters. The predicted molar refractivity (Wildman–Crippen MR) is 115 cm³/mol. The van der Waals surface area contributed by atoms with Gasteiger partial charge in [0, 0.05) is 0 Å². The Balaban J connectivity index is 1.38. The van der Waals surface area contributed by atoms with Crippen LogP contribution in [0.25, 0.3) is 0 Å². The van der Waals surface area contributed by atoms with E-state index in [2.05, 4.69) is 11.4 Å². The summed E-state index contributed by atoms with van der Waals surface area (Å²) in [6, 6.07) is 15.0. The molecule has 1 N–H and O–H groups in total. The van der Waals surface area contributed by atoms with Crippen LogP contribution in [0.4, 0.5) is 5.69 Å². The fraction of sp³-hybridized carbons (Fsp3) is 0.375. The van der Waals surface area contributed by atoms with Crippen LogP contribution in [0.15, 0.2) is 48.5 Å². The van der Waals surface area contributed by atoms with E-state index in [1.54, 1.807) is 31.2 Å². The highest BCUT2D eigenvalue weighted by Gasteiger charge is 2.29. The molecule has 0 saturated heterocycles. The fourth-order valence-corrected chi connectivity index (χ4v) is 4.10. The number of amides is 2. The Morgan fingerprint density at radius 2 is 1.94 bits per heavy atom. The van der Waals surface area contributed by atoms with Crippen molar-refractivity contribution in [2.24, 2.45) is 0 Å². The Morgan fingerprint density at radius 3 is 2.81 bits per heavy atom. The lowest BCUT2D eigenvalue weighted by atomic mass is 9.87. The lowest BCUT2D eigenvalue weighted by Crippen LogP contribution is -2.42. The van der Waals surface area contributed by atoms with Gasteiger partial charge in [-0.25, -0.2) is 0 Å². The number of benzene rings is 2. The number of anilines is 1. The standard InChI is InChI=1S/C24H26N2O5/c1-16(24(29)25-19-10-6-8-17-7-2-3-9-18(17)19)31-23(28)15-26-20-11-4-5-12-21(20)30-14-13-22(26)27/h2-5,7,9,11-12,16,19H,6,8,10,13-15H2,1H3,(H,25,29)/t16-,19-/m1/s1. The van der Waals surface area contributed by atoms with Crippen molar-refractivity contribution in [3.05, 3.63) is 59.7 Å². The molecule has 1 aliphatic heterocycles. The molecule has 0 aromatic heterocycles. The molecule has 2 aromatic rings. The summed E-state index contributed by atoms with van der Waals surface area (Å²) in [4.78, 5) is 39.0. The Kier molecular flexibility index (Phi) is 6.21. The Labute approximate surface area is 181 Å². The van der Waals surface area contributed by atoms with Crippen molar-refractivity contribution in [1.82, 2.24) is 5.32 Å². The highest BCUT2D eigenvalue weighted by Crippen LogP contribution is 2.31. The Morgan fingerprint density at radius 1 is 1.16 bits per heavy atom. The number of esters is 1. The molecule has 0 fully saturated rings. The molecule has 31 heavy (non-hydrogen) atoms. The molecule has 2 aromatic carbocycles. The summed E-state index contributed by atoms with van der Waals surface area (Å²) < 4.78 is 10.9. The molecular formula is C24H26N2O5. The molecule has 0 bridgehead atoms. The number of hydrogen-bond acceptors (Lipinski definition) is 5. The quantitative estimate of drug-likeness (QED) is 0.749. The summed E-state index contributed by atoms with van der Waals surface area (Å²) >= 11 is 0. The maximum atomic E-state index is 12.7. The molecule has 4 rings (SSSR count). The van der Waals surface area contributed by atoms with Gasteiger partial charge in [-0.2, -0.15) is 0 Å². The van der Waals surface area contributed by atoms with Gasteiger partial charge >= 0.3 is 5.97 Å². The van der Waals surface area contributed by atoms with Crippen molar-refractivity contribution >= 4 is 23.5 Å². The number of fused-ring (bicyclic) bond motifs is 2. The van der Waals surface area contributed by atoms with Crippen LogP contribution in [0, 0.1) is 0 Å². The van der Waals surface area contributed by atoms with Gasteiger partial charge in [-0.3, -0.25) is 19.3 Å². The third-order valence-corrected chi connectivity index (χ3v) is 5.68. The minimum absolute atomic E-state index is 0.0881. The van der Waals surface area contributed by atoms with E-state index in [1.165, 1.54) is 10.5 Å². The maximum Gasteiger partial charge on any atom is 0.326 e. The molecule has 1 aliphatic carbocycles. The van der Waals surface area contributed by atoms with Crippen LogP contribution in [-0.2, 0) is 25.5 Å². The van der Waals surface area contributed by atoms with Gasteiger partial charge in [0.05, 0.1) is 24.8 Å². The molecule has 162 valence electrons. The van der Waals surface area contributed by atoms with Gasteiger partial charge in [0.1, 0.15) is 12.3 Å². The third-order valence-electron chi connectivity index (χ3n) is 5.68. The van der Waals surface area contributed by atoms with E-state index in [9.17, 15) is 14.4 Å². The summed E-state index contributed by atoms with van der Waals surface area (Å²) in [7, 11) is 0. The lowest BCUT2D eigenvalue weighted by molar-refractivity contribution is -0.154. The number of para-hydroxylation sites is 2. The zero-order valence-corrected chi connectivity index (χ0v) is 17.5. The van der Waals surface area contributed by atoms with E-state index < -0.39 is 12.1 Å². The van der Waals surface area contributed by atoms with Gasteiger partial charge < -0.3 is 14.8 Å². The van der Waals surface area contributed by atoms with Gasteiger partial charge in [0.25, 0.3) is 5.91 Å². The average molecular weight is 422 g/mol. The number of carbonyl (C=O) groups is 3. The van der Waals surface area contributed by atoms with Crippen LogP contribution >= 0.6 is 0 Å². The van der Waals surface area contributed by atoms with Crippen molar-refractivity contribution in [2.45, 2.75) is 44.8 Å². The number of nitrogens with zero attached hydrogens (tertiary/aromatic N) is 1. The van der Waals surface area contributed by atoms with Crippen molar-refractivity contribution in [3.63, 3.8) is 0 Å². The summed E-state index contributed by atoms with van der Waals surface area (Å²) in [5.41, 5.74) is 2.88. The zero-order chi connectivity index (χ0) is 21.8. The first-order valence-corrected chi connectivity index (χ1v) is 10.6. The summed E-state index contributed by atoms with van der Waals surface area (Å²) in [5, 5.41) is 3.00. The van der Waals surface area contributed by atoms with Crippen LogP contribution < -0.4 is 15.0 Å². The summed E-state index contributed by atoms with van der Waals surface area (Å²) in [5.74, 6) is -0.668. The highest BCUT2D eigenvalue weighted by molar-refractivity contribution is 5.99. The van der Waals surface area contributed by atoms with Gasteiger partial charge in [-0.15, -0.1) is 0 Å². The van der Waals surface area contributed by atoms with Gasteiger partial charge in [0.2, 0.25) is 5.91 Å². The van der Waals surface area contributed by atoms with E-state index >= 15 is 0 Å². The Hall–Kier alpha value is -3.35. The van der Waals surface area contributed by atoms with Crippen LogP contribution in [0.2, 0.25) is 0 Å². The number of ether oxygens (including phenoxy) is 2. The van der Waals surface area contributed by atoms with Crippen LogP contribution in [0.5, 0.6) is 5.75 Å². The monoisotopic (exact) mass is 422 g/mol. The molecule has 7 nitrogen and oxygen atoms in total. The van der Waals surface area contributed by atoms with Crippen molar-refractivity contribution < 1.29 is 23.9 Å². The molecule has 2 aliphatic rings. The predicted octanol–water partition coefficient (Wildman–Crippen LogP) is 2.93. The van der Waals surface area contributed by atoms with Crippen LogP contribution in [0.3, 0.4) is 0 Å². The highest BCUT2D eigenvalue weighted by atomic mass is 16.5. The topological polar surface area (TPSA) is 84.9 Å². The largest absolute Gasteiger partial charge is 0.491 e. The van der Waals surface area contributed by atoms with Gasteiger partial charge in [-0.1, -0.05) is 36.4 Å². The molecule has 1 heterocycles. The summed E-state index contributed by atoms with van der Waals surface area (Å²) in [6.45, 7) is 1.52. The lowest BCUT2D eigenvalue weighted by Gasteiger charge is -2.27. The minimum Gasteiger partial charge on any atom is -0.491 e. The number of rotatable bonds is 5. The third kappa shape index (κ3) is 4.71. The van der Waals surface area contributed by atoms with E-state index in [0.29, 0.717) is 11.4 Å². The van der Waals surface area contributed by atoms with E-state index in [4.69, 9.17) is 9.47 Å². The smallest absolute Gasteiger partial charge is 0.326 e. The maximum absolute atomic E-state index is 12.7. The summed E-state index contributed by atoms with van der Waals surface area (Å²) in [6.07, 6.45) is 2.05. The van der Waals surface area contributed by atoms with Crippen LogP contribution in [0.1, 0.15) is 43.4 Å². The second-order valence-electron chi connectivity index (χ2n) is 7.83. The van der Waals surface area contributed by atoms with Gasteiger partial charge in [0.15, 0.2) is 6.10 Å². The zero-order valence-electron chi connectivity index (χ0n) is 17.5. The molecule has 7 heteroatoms. The van der Waals surface area contributed by atoms with E-state index in [1.807, 2.05) is 18.2 Å². The Bertz CT molecular complexity index is 989. The molecule has 0 saturated carbocycles. The van der Waals surface area contributed by atoms with E-state index in [0.717, 1.165) is 24.8 Å². The number of carbonyl (C=O) groups excluding carboxylic acids is 3. The van der Waals surface area contributed by atoms with Crippen molar-refractivity contribution in [2.75, 3.05) is 18.1 Å². The van der Waals surface area contributed by atoms with Crippen LogP contribution in [-0.4, -0.2) is 37.0 Å². The van der Waals surface area contributed by atoms with Gasteiger partial charge in [-0.05, 0) is 49.4 Å². The number of hydrogen-bond donors (Lipinski definition) is 1. The second kappa shape index (κ2) is 9.20.